The summed E-state index contributed by atoms with van der Waals surface area (Å²) >= 11 is 0. The van der Waals surface area contributed by atoms with Crippen LogP contribution in [0.2, 0.25) is 0 Å². The lowest BCUT2D eigenvalue weighted by Crippen LogP contribution is -2.26. The Morgan fingerprint density at radius 2 is 0.893 bits per heavy atom. The van der Waals surface area contributed by atoms with Gasteiger partial charge in [0.05, 0.1) is 10.9 Å². The van der Waals surface area contributed by atoms with Gasteiger partial charge in [-0.3, -0.25) is 4.57 Å². The Labute approximate surface area is 323 Å². The van der Waals surface area contributed by atoms with Gasteiger partial charge in [0.15, 0.2) is 17.5 Å². The lowest BCUT2D eigenvalue weighted by molar-refractivity contribution is 0.792. The molecule has 10 aromatic rings. The SMILES string of the molecule is c1ccc(-c2nc(-c3ccccc3)nc(-c3ccc4c(c3)C3(c5ccccc5-4)c4ccccc4-c4ccc(-n5c6ccccc6c6cccnc65)cc43)n2)cc1. The molecule has 3 aromatic heterocycles. The van der Waals surface area contributed by atoms with Crippen molar-refractivity contribution < 1.29 is 0 Å². The van der Waals surface area contributed by atoms with Gasteiger partial charge in [0.2, 0.25) is 0 Å². The molecule has 1 unspecified atom stereocenters. The van der Waals surface area contributed by atoms with Gasteiger partial charge in [-0.05, 0) is 80.9 Å². The minimum atomic E-state index is -0.576. The van der Waals surface area contributed by atoms with Crippen molar-refractivity contribution in [2.45, 2.75) is 5.41 Å². The molecule has 0 N–H and O–H groups in total. The Morgan fingerprint density at radius 3 is 1.57 bits per heavy atom. The summed E-state index contributed by atoms with van der Waals surface area (Å²) in [6.45, 7) is 0. The van der Waals surface area contributed by atoms with E-state index in [1.807, 2.05) is 48.7 Å². The Balaban J connectivity index is 1.13. The highest BCUT2D eigenvalue weighted by Crippen LogP contribution is 2.63. The molecule has 0 radical (unpaired) electrons. The van der Waals surface area contributed by atoms with Crippen molar-refractivity contribution in [2.75, 3.05) is 0 Å². The van der Waals surface area contributed by atoms with E-state index < -0.39 is 5.41 Å². The van der Waals surface area contributed by atoms with E-state index in [1.54, 1.807) is 0 Å². The van der Waals surface area contributed by atoms with Crippen LogP contribution in [0.1, 0.15) is 22.3 Å². The topological polar surface area (TPSA) is 56.5 Å². The Hall–Kier alpha value is -7.50. The van der Waals surface area contributed by atoms with Gasteiger partial charge in [0.1, 0.15) is 5.65 Å². The third-order valence-electron chi connectivity index (χ3n) is 11.7. The summed E-state index contributed by atoms with van der Waals surface area (Å²) in [6.07, 6.45) is 1.89. The number of nitrogens with zero attached hydrogens (tertiary/aromatic N) is 5. The van der Waals surface area contributed by atoms with E-state index in [4.69, 9.17) is 19.9 Å². The van der Waals surface area contributed by atoms with Gasteiger partial charge in [-0.25, -0.2) is 19.9 Å². The third-order valence-corrected chi connectivity index (χ3v) is 11.7. The van der Waals surface area contributed by atoms with Gasteiger partial charge in [0, 0.05) is 39.3 Å². The van der Waals surface area contributed by atoms with Gasteiger partial charge >= 0.3 is 0 Å². The molecule has 2 aliphatic carbocycles. The predicted molar refractivity (Wildman–Crippen MR) is 225 cm³/mol. The molecule has 56 heavy (non-hydrogen) atoms. The van der Waals surface area contributed by atoms with Gasteiger partial charge < -0.3 is 0 Å². The molecule has 0 saturated carbocycles. The molecule has 3 heterocycles. The van der Waals surface area contributed by atoms with Crippen molar-refractivity contribution in [1.82, 2.24) is 24.5 Å². The van der Waals surface area contributed by atoms with Crippen molar-refractivity contribution in [2.24, 2.45) is 0 Å². The minimum Gasteiger partial charge on any atom is -0.294 e. The zero-order valence-corrected chi connectivity index (χ0v) is 30.1. The molecular weight excluding hydrogens is 683 g/mol. The van der Waals surface area contributed by atoms with Crippen LogP contribution in [0.5, 0.6) is 0 Å². The van der Waals surface area contributed by atoms with E-state index in [0.29, 0.717) is 17.5 Å². The monoisotopic (exact) mass is 713 g/mol. The minimum absolute atomic E-state index is 0.576. The van der Waals surface area contributed by atoms with Crippen molar-refractivity contribution in [3.63, 3.8) is 0 Å². The largest absolute Gasteiger partial charge is 0.294 e. The van der Waals surface area contributed by atoms with Crippen LogP contribution >= 0.6 is 0 Å². The molecule has 5 heteroatoms. The molecule has 0 saturated heterocycles. The molecule has 1 atom stereocenters. The number of aromatic nitrogens is 5. The van der Waals surface area contributed by atoms with Gasteiger partial charge in [-0.1, -0.05) is 146 Å². The quantitative estimate of drug-likeness (QED) is 0.182. The molecular formula is C51H31N5. The maximum atomic E-state index is 5.15. The fourth-order valence-electron chi connectivity index (χ4n) is 9.40. The average Bonchev–Trinajstić information content (AvgIpc) is 3.88. The smallest absolute Gasteiger partial charge is 0.164 e. The van der Waals surface area contributed by atoms with Crippen LogP contribution in [0.25, 0.3) is 84.0 Å². The van der Waals surface area contributed by atoms with Crippen LogP contribution in [0.3, 0.4) is 0 Å². The number of pyridine rings is 1. The first-order valence-corrected chi connectivity index (χ1v) is 19.0. The Morgan fingerprint density at radius 1 is 0.375 bits per heavy atom. The molecule has 0 fully saturated rings. The second-order valence-electron chi connectivity index (χ2n) is 14.6. The van der Waals surface area contributed by atoms with Gasteiger partial charge in [0.25, 0.3) is 0 Å². The van der Waals surface area contributed by atoms with E-state index in [-0.39, 0.29) is 0 Å². The van der Waals surface area contributed by atoms with Crippen LogP contribution < -0.4 is 0 Å². The summed E-state index contributed by atoms with van der Waals surface area (Å²) < 4.78 is 2.32. The molecule has 260 valence electrons. The fourth-order valence-corrected chi connectivity index (χ4v) is 9.40. The summed E-state index contributed by atoms with van der Waals surface area (Å²) in [7, 11) is 0. The van der Waals surface area contributed by atoms with Crippen molar-refractivity contribution in [3.8, 4) is 62.1 Å². The van der Waals surface area contributed by atoms with Crippen LogP contribution in [0.15, 0.2) is 188 Å². The molecule has 2 aliphatic rings. The first-order chi connectivity index (χ1) is 27.8. The zero-order valence-electron chi connectivity index (χ0n) is 30.1. The number of benzene rings is 7. The summed E-state index contributed by atoms with van der Waals surface area (Å²) in [5.74, 6) is 1.94. The van der Waals surface area contributed by atoms with Gasteiger partial charge in [-0.15, -0.1) is 0 Å². The first-order valence-electron chi connectivity index (χ1n) is 19.0. The number of para-hydroxylation sites is 1. The van der Waals surface area contributed by atoms with Crippen LogP contribution in [-0.4, -0.2) is 24.5 Å². The molecule has 5 nitrogen and oxygen atoms in total. The van der Waals surface area contributed by atoms with E-state index >= 15 is 0 Å². The summed E-state index contributed by atoms with van der Waals surface area (Å²) in [5.41, 5.74) is 15.4. The van der Waals surface area contributed by atoms with E-state index in [1.165, 1.54) is 49.9 Å². The summed E-state index contributed by atoms with van der Waals surface area (Å²) in [5, 5.41) is 2.34. The standard InChI is InChI=1S/C51H31N5/c1-3-14-32(15-4-1)47-53-48(33-16-5-2-6-17-33)55-49(54-47)34-25-27-38-36-18-7-10-22-42(36)51(44(38)30-34)43-23-11-8-19-37(43)39-28-26-35(31-45(39)51)56-46-24-12-9-20-40(46)41-21-13-29-52-50(41)56/h1-31H. The molecule has 0 aliphatic heterocycles. The third kappa shape index (κ3) is 4.25. The zero-order chi connectivity index (χ0) is 36.8. The molecule has 0 amide bonds. The maximum Gasteiger partial charge on any atom is 0.164 e. The van der Waals surface area contributed by atoms with Crippen molar-refractivity contribution in [1.29, 1.82) is 0 Å². The second kappa shape index (κ2) is 11.7. The van der Waals surface area contributed by atoms with Crippen LogP contribution in [0.4, 0.5) is 0 Å². The van der Waals surface area contributed by atoms with Crippen LogP contribution in [0, 0.1) is 0 Å². The van der Waals surface area contributed by atoms with Gasteiger partial charge in [-0.2, -0.15) is 0 Å². The van der Waals surface area contributed by atoms with Crippen molar-refractivity contribution >= 4 is 21.9 Å². The summed E-state index contributed by atoms with van der Waals surface area (Å²) in [4.78, 5) is 20.2. The highest BCUT2D eigenvalue weighted by molar-refractivity contribution is 6.08. The Kier molecular flexibility index (Phi) is 6.48. The molecule has 1 spiro atoms. The average molecular weight is 714 g/mol. The molecule has 0 bridgehead atoms. The normalized spacial score (nSPS) is 14.9. The number of fused-ring (bicyclic) bond motifs is 13. The highest BCUT2D eigenvalue weighted by atomic mass is 15.0. The first kappa shape index (κ1) is 30.9. The Bertz CT molecular complexity index is 3080. The number of hydrogen-bond donors (Lipinski definition) is 0. The highest BCUT2D eigenvalue weighted by Gasteiger charge is 2.52. The van der Waals surface area contributed by atoms with E-state index in [9.17, 15) is 0 Å². The predicted octanol–water partition coefficient (Wildman–Crippen LogP) is 11.7. The van der Waals surface area contributed by atoms with E-state index in [0.717, 1.165) is 38.9 Å². The second-order valence-corrected chi connectivity index (χ2v) is 14.6. The molecule has 7 aromatic carbocycles. The number of hydrogen-bond acceptors (Lipinski definition) is 4. The fraction of sp³-hybridized carbons (Fsp3) is 0.0196. The lowest BCUT2D eigenvalue weighted by Gasteiger charge is -2.31. The maximum absolute atomic E-state index is 5.15. The lowest BCUT2D eigenvalue weighted by atomic mass is 9.70. The molecule has 12 rings (SSSR count). The van der Waals surface area contributed by atoms with Crippen molar-refractivity contribution in [3.05, 3.63) is 210 Å². The van der Waals surface area contributed by atoms with E-state index in [2.05, 4.69) is 144 Å². The number of rotatable bonds is 4. The summed E-state index contributed by atoms with van der Waals surface area (Å²) in [6, 6.07) is 64.8. The van der Waals surface area contributed by atoms with Crippen LogP contribution in [-0.2, 0) is 5.41 Å².